The normalized spacial score (nSPS) is 10.7. The van der Waals surface area contributed by atoms with E-state index in [0.29, 0.717) is 34.6 Å². The molecule has 180 valence electrons. The molecule has 35 heavy (non-hydrogen) atoms. The van der Waals surface area contributed by atoms with Gasteiger partial charge in [0.15, 0.2) is 5.75 Å². The van der Waals surface area contributed by atoms with Crippen LogP contribution < -0.4 is 26.4 Å². The average Bonchev–Trinajstić information content (AvgIpc) is 3.23. The molecule has 0 radical (unpaired) electrons. The van der Waals surface area contributed by atoms with Crippen LogP contribution in [0.15, 0.2) is 42.6 Å². The van der Waals surface area contributed by atoms with E-state index in [1.54, 1.807) is 23.9 Å². The number of aromatic nitrogens is 5. The minimum absolute atomic E-state index is 0.0548. The van der Waals surface area contributed by atoms with Crippen molar-refractivity contribution in [2.75, 3.05) is 30.5 Å². The fraction of sp³-hybridized carbons (Fsp3) is 0.208. The zero-order valence-corrected chi connectivity index (χ0v) is 20.2. The summed E-state index contributed by atoms with van der Waals surface area (Å²) in [4.78, 5) is 25.7. The quantitative estimate of drug-likeness (QED) is 0.317. The van der Waals surface area contributed by atoms with E-state index in [2.05, 4.69) is 36.0 Å². The molecule has 0 saturated carbocycles. The molecule has 0 fully saturated rings. The summed E-state index contributed by atoms with van der Waals surface area (Å²) in [6.45, 7) is 3.69. The zero-order chi connectivity index (χ0) is 25.1. The van der Waals surface area contributed by atoms with E-state index in [1.165, 1.54) is 7.05 Å². The van der Waals surface area contributed by atoms with Crippen LogP contribution in [0.1, 0.15) is 21.9 Å². The maximum atomic E-state index is 12.7. The van der Waals surface area contributed by atoms with Crippen molar-refractivity contribution in [3.63, 3.8) is 0 Å². The van der Waals surface area contributed by atoms with Gasteiger partial charge in [-0.1, -0.05) is 6.07 Å². The lowest BCUT2D eigenvalue weighted by Gasteiger charge is -2.18. The van der Waals surface area contributed by atoms with Crippen molar-refractivity contribution in [1.82, 2.24) is 30.0 Å². The van der Waals surface area contributed by atoms with Crippen molar-refractivity contribution in [3.05, 3.63) is 59.7 Å². The number of benzene rings is 1. The van der Waals surface area contributed by atoms with E-state index in [0.717, 1.165) is 17.0 Å². The first-order valence-corrected chi connectivity index (χ1v) is 10.8. The molecule has 0 spiro atoms. The van der Waals surface area contributed by atoms with Gasteiger partial charge in [0.1, 0.15) is 28.8 Å². The second-order valence-electron chi connectivity index (χ2n) is 7.85. The Bertz CT molecular complexity index is 1380. The van der Waals surface area contributed by atoms with Crippen LogP contribution in [0.2, 0.25) is 0 Å². The average molecular weight is 474 g/mol. The molecular weight excluding hydrogens is 446 g/mol. The number of carbonyl (C=O) groups is 1. The summed E-state index contributed by atoms with van der Waals surface area (Å²) in [7, 11) is 4.97. The molecule has 0 unspecified atom stereocenters. The number of nitrogens with two attached hydrogens (primary N) is 1. The van der Waals surface area contributed by atoms with Crippen LogP contribution in [-0.2, 0) is 7.05 Å². The van der Waals surface area contributed by atoms with Gasteiger partial charge in [0.25, 0.3) is 5.91 Å². The summed E-state index contributed by atoms with van der Waals surface area (Å²) in [5.74, 6) is 1.85. The van der Waals surface area contributed by atoms with Crippen LogP contribution in [0.25, 0.3) is 11.3 Å². The van der Waals surface area contributed by atoms with Crippen molar-refractivity contribution in [3.8, 4) is 17.0 Å². The number of pyridine rings is 1. The number of amides is 1. The SMILES string of the molecule is CNC(=O)c1c(Nc2cccc(-c3ccn(C)n3)c2OC)cc(Nc2cc(C)nc(C)n2)nc1N. The fourth-order valence-electron chi connectivity index (χ4n) is 3.76. The lowest BCUT2D eigenvalue weighted by molar-refractivity contribution is 0.0964. The van der Waals surface area contributed by atoms with Crippen molar-refractivity contribution < 1.29 is 9.53 Å². The number of methoxy groups -OCH3 is 1. The standard InChI is InChI=1S/C24H27N9O2/c1-13-11-19(28-14(2)27-13)30-20-12-18(21(23(25)31-20)24(34)26-3)29-17-8-6-7-15(22(17)35-5)16-9-10-33(4)32-16/h6-12H,1-5H3,(H,26,34)(H4,25,27,28,29,30,31). The Labute approximate surface area is 202 Å². The molecular formula is C24H27N9O2. The van der Waals surface area contributed by atoms with Crippen LogP contribution in [0.3, 0.4) is 0 Å². The Balaban J connectivity index is 1.79. The highest BCUT2D eigenvalue weighted by molar-refractivity contribution is 6.05. The molecule has 3 heterocycles. The number of para-hydroxylation sites is 1. The van der Waals surface area contributed by atoms with Gasteiger partial charge in [-0.3, -0.25) is 9.48 Å². The monoisotopic (exact) mass is 473 g/mol. The van der Waals surface area contributed by atoms with E-state index < -0.39 is 0 Å². The second-order valence-corrected chi connectivity index (χ2v) is 7.85. The van der Waals surface area contributed by atoms with Crippen LogP contribution >= 0.6 is 0 Å². The van der Waals surface area contributed by atoms with Gasteiger partial charge < -0.3 is 26.4 Å². The number of nitrogen functional groups attached to an aromatic ring is 1. The number of rotatable bonds is 7. The Kier molecular flexibility index (Phi) is 6.49. The van der Waals surface area contributed by atoms with Gasteiger partial charge in [-0.15, -0.1) is 0 Å². The van der Waals surface area contributed by atoms with Gasteiger partial charge in [-0.2, -0.15) is 5.10 Å². The molecule has 5 N–H and O–H groups in total. The maximum Gasteiger partial charge on any atom is 0.256 e. The van der Waals surface area contributed by atoms with Gasteiger partial charge in [0.2, 0.25) is 0 Å². The molecule has 1 aromatic carbocycles. The van der Waals surface area contributed by atoms with Crippen molar-refractivity contribution >= 4 is 34.7 Å². The predicted octanol–water partition coefficient (Wildman–Crippen LogP) is 3.33. The molecule has 1 amide bonds. The summed E-state index contributed by atoms with van der Waals surface area (Å²) in [6.07, 6.45) is 1.86. The summed E-state index contributed by atoms with van der Waals surface area (Å²) < 4.78 is 7.45. The van der Waals surface area contributed by atoms with Gasteiger partial charge in [0.05, 0.1) is 24.2 Å². The number of hydrogen-bond donors (Lipinski definition) is 4. The molecule has 0 atom stereocenters. The maximum absolute atomic E-state index is 12.7. The summed E-state index contributed by atoms with van der Waals surface area (Å²) >= 11 is 0. The first-order chi connectivity index (χ1) is 16.8. The highest BCUT2D eigenvalue weighted by Gasteiger charge is 2.20. The van der Waals surface area contributed by atoms with E-state index in [4.69, 9.17) is 10.5 Å². The molecule has 0 aliphatic heterocycles. The second kappa shape index (κ2) is 9.67. The third kappa shape index (κ3) is 4.98. The number of carbonyl (C=O) groups excluding carboxylic acids is 1. The van der Waals surface area contributed by atoms with Gasteiger partial charge >= 0.3 is 0 Å². The summed E-state index contributed by atoms with van der Waals surface area (Å²) in [5, 5.41) is 13.5. The Morgan fingerprint density at radius 1 is 1.03 bits per heavy atom. The van der Waals surface area contributed by atoms with Crippen molar-refractivity contribution in [2.45, 2.75) is 13.8 Å². The Morgan fingerprint density at radius 3 is 2.46 bits per heavy atom. The number of aryl methyl sites for hydroxylation is 3. The number of ether oxygens (including phenoxy) is 1. The number of nitrogens with one attached hydrogen (secondary N) is 3. The van der Waals surface area contributed by atoms with Crippen molar-refractivity contribution in [1.29, 1.82) is 0 Å². The minimum atomic E-state index is -0.377. The Morgan fingerprint density at radius 2 is 1.80 bits per heavy atom. The molecule has 0 aliphatic carbocycles. The third-order valence-electron chi connectivity index (χ3n) is 5.20. The molecule has 4 aromatic rings. The molecule has 0 saturated heterocycles. The topological polar surface area (TPSA) is 145 Å². The van der Waals surface area contributed by atoms with Crippen LogP contribution in [0.5, 0.6) is 5.75 Å². The van der Waals surface area contributed by atoms with Gasteiger partial charge in [0, 0.05) is 43.7 Å². The molecule has 11 nitrogen and oxygen atoms in total. The number of anilines is 5. The van der Waals surface area contributed by atoms with Gasteiger partial charge in [-0.25, -0.2) is 15.0 Å². The smallest absolute Gasteiger partial charge is 0.256 e. The van der Waals surface area contributed by atoms with Crippen LogP contribution in [0, 0.1) is 13.8 Å². The van der Waals surface area contributed by atoms with E-state index in [9.17, 15) is 4.79 Å². The zero-order valence-electron chi connectivity index (χ0n) is 20.2. The molecule has 0 bridgehead atoms. The van der Waals surface area contributed by atoms with Crippen molar-refractivity contribution in [2.24, 2.45) is 7.05 Å². The highest BCUT2D eigenvalue weighted by atomic mass is 16.5. The highest BCUT2D eigenvalue weighted by Crippen LogP contribution is 2.38. The summed E-state index contributed by atoms with van der Waals surface area (Å²) in [5.41, 5.74) is 9.87. The minimum Gasteiger partial charge on any atom is -0.494 e. The van der Waals surface area contributed by atoms with Crippen LogP contribution in [0.4, 0.5) is 28.8 Å². The largest absolute Gasteiger partial charge is 0.494 e. The fourth-order valence-corrected chi connectivity index (χ4v) is 3.76. The predicted molar refractivity (Wildman–Crippen MR) is 135 cm³/mol. The summed E-state index contributed by atoms with van der Waals surface area (Å²) in [6, 6.07) is 11.0. The lowest BCUT2D eigenvalue weighted by Crippen LogP contribution is -2.22. The molecule has 11 heteroatoms. The van der Waals surface area contributed by atoms with E-state index >= 15 is 0 Å². The molecule has 0 aliphatic rings. The van der Waals surface area contributed by atoms with Gasteiger partial charge in [-0.05, 0) is 32.0 Å². The third-order valence-corrected chi connectivity index (χ3v) is 5.20. The van der Waals surface area contributed by atoms with Crippen LogP contribution in [-0.4, -0.2) is 44.8 Å². The van der Waals surface area contributed by atoms with E-state index in [1.807, 2.05) is 51.4 Å². The first-order valence-electron chi connectivity index (χ1n) is 10.8. The lowest BCUT2D eigenvalue weighted by atomic mass is 10.1. The number of hydrogen-bond acceptors (Lipinski definition) is 9. The first kappa shape index (κ1) is 23.5. The van der Waals surface area contributed by atoms with E-state index in [-0.39, 0.29) is 17.3 Å². The number of nitrogens with zero attached hydrogens (tertiary/aromatic N) is 5. The Hall–Kier alpha value is -4.67. The molecule has 4 rings (SSSR count). The molecule has 3 aromatic heterocycles.